The van der Waals surface area contributed by atoms with Gasteiger partial charge in [0, 0.05) is 21.3 Å². The summed E-state index contributed by atoms with van der Waals surface area (Å²) in [5.74, 6) is 0.795. The second-order valence-corrected chi connectivity index (χ2v) is 8.63. The van der Waals surface area contributed by atoms with Gasteiger partial charge in [0.15, 0.2) is 0 Å². The van der Waals surface area contributed by atoms with Gasteiger partial charge in [-0.3, -0.25) is 14.5 Å². The van der Waals surface area contributed by atoms with Gasteiger partial charge in [0.25, 0.3) is 5.91 Å². The van der Waals surface area contributed by atoms with Gasteiger partial charge in [-0.15, -0.1) is 11.8 Å². The van der Waals surface area contributed by atoms with Crippen LogP contribution in [-0.4, -0.2) is 24.7 Å². The number of benzene rings is 3. The largest absolute Gasteiger partial charge is 0.495 e. The Kier molecular flexibility index (Phi) is 6.11. The normalized spacial score (nSPS) is 15.9. The Hall–Kier alpha value is -2.77. The molecule has 1 aliphatic rings. The van der Waals surface area contributed by atoms with Crippen LogP contribution in [0.4, 0.5) is 11.4 Å². The van der Waals surface area contributed by atoms with E-state index in [1.165, 1.54) is 11.8 Å². The minimum atomic E-state index is -0.268. The predicted octanol–water partition coefficient (Wildman–Crippen LogP) is 5.49. The molecule has 0 aromatic heterocycles. The van der Waals surface area contributed by atoms with Crippen molar-refractivity contribution in [2.45, 2.75) is 5.37 Å². The maximum absolute atomic E-state index is 12.8. The number of amides is 2. The lowest BCUT2D eigenvalue weighted by Crippen LogP contribution is -2.29. The van der Waals surface area contributed by atoms with E-state index in [0.29, 0.717) is 28.4 Å². The van der Waals surface area contributed by atoms with Gasteiger partial charge in [-0.05, 0) is 42.5 Å². The summed E-state index contributed by atoms with van der Waals surface area (Å²) in [5, 5.41) is 2.73. The summed E-state index contributed by atoms with van der Waals surface area (Å²) in [6, 6.07) is 22.2. The smallest absolute Gasteiger partial charge is 0.255 e. The number of anilines is 2. The van der Waals surface area contributed by atoms with E-state index in [2.05, 4.69) is 21.2 Å². The van der Waals surface area contributed by atoms with Crippen molar-refractivity contribution in [3.8, 4) is 5.75 Å². The number of carbonyl (C=O) groups excluding carboxylic acids is 2. The summed E-state index contributed by atoms with van der Waals surface area (Å²) in [7, 11) is 1.59. The third-order valence-electron chi connectivity index (χ3n) is 4.79. The molecule has 1 saturated heterocycles. The van der Waals surface area contributed by atoms with Gasteiger partial charge in [0.05, 0.1) is 18.6 Å². The summed E-state index contributed by atoms with van der Waals surface area (Å²) in [5.41, 5.74) is 2.82. The zero-order valence-corrected chi connectivity index (χ0v) is 18.6. The molecule has 152 valence electrons. The summed E-state index contributed by atoms with van der Waals surface area (Å²) < 4.78 is 6.39. The molecule has 2 amide bonds. The van der Waals surface area contributed by atoms with Crippen LogP contribution in [-0.2, 0) is 4.79 Å². The zero-order chi connectivity index (χ0) is 21.1. The fraction of sp³-hybridized carbons (Fsp3) is 0.130. The fourth-order valence-corrected chi connectivity index (χ4v) is 4.83. The van der Waals surface area contributed by atoms with E-state index in [-0.39, 0.29) is 17.2 Å². The Balaban J connectivity index is 1.68. The highest BCUT2D eigenvalue weighted by molar-refractivity contribution is 9.10. The van der Waals surface area contributed by atoms with Gasteiger partial charge in [-0.1, -0.05) is 46.3 Å². The van der Waals surface area contributed by atoms with E-state index in [4.69, 9.17) is 4.74 Å². The minimum Gasteiger partial charge on any atom is -0.495 e. The van der Waals surface area contributed by atoms with E-state index in [9.17, 15) is 9.59 Å². The molecular weight excluding hydrogens is 464 g/mol. The summed E-state index contributed by atoms with van der Waals surface area (Å²) in [6.07, 6.45) is 0. The number of thioether (sulfide) groups is 1. The highest BCUT2D eigenvalue weighted by Gasteiger charge is 2.36. The van der Waals surface area contributed by atoms with Crippen LogP contribution in [0.1, 0.15) is 21.3 Å². The van der Waals surface area contributed by atoms with Crippen LogP contribution >= 0.6 is 27.7 Å². The topological polar surface area (TPSA) is 58.6 Å². The first-order chi connectivity index (χ1) is 14.6. The first-order valence-corrected chi connectivity index (χ1v) is 11.1. The maximum atomic E-state index is 12.8. The molecule has 0 bridgehead atoms. The molecule has 1 fully saturated rings. The van der Waals surface area contributed by atoms with Crippen molar-refractivity contribution in [3.05, 3.63) is 88.4 Å². The van der Waals surface area contributed by atoms with E-state index in [1.807, 2.05) is 60.7 Å². The number of rotatable bonds is 5. The van der Waals surface area contributed by atoms with Crippen molar-refractivity contribution in [2.75, 3.05) is 23.1 Å². The molecule has 0 spiro atoms. The molecule has 0 radical (unpaired) electrons. The van der Waals surface area contributed by atoms with Gasteiger partial charge < -0.3 is 10.1 Å². The monoisotopic (exact) mass is 482 g/mol. The first-order valence-electron chi connectivity index (χ1n) is 9.31. The molecule has 5 nitrogen and oxygen atoms in total. The Labute approximate surface area is 187 Å². The van der Waals surface area contributed by atoms with Crippen molar-refractivity contribution in [2.24, 2.45) is 0 Å². The molecule has 0 saturated carbocycles. The fourth-order valence-electron chi connectivity index (χ4n) is 3.37. The lowest BCUT2D eigenvalue weighted by atomic mass is 10.1. The maximum Gasteiger partial charge on any atom is 0.255 e. The summed E-state index contributed by atoms with van der Waals surface area (Å²) in [4.78, 5) is 27.3. The van der Waals surface area contributed by atoms with Crippen LogP contribution < -0.4 is 15.0 Å². The van der Waals surface area contributed by atoms with Crippen LogP contribution in [0.5, 0.6) is 5.75 Å². The number of halogens is 1. The first kappa shape index (κ1) is 20.5. The molecule has 1 heterocycles. The van der Waals surface area contributed by atoms with Crippen molar-refractivity contribution in [1.82, 2.24) is 0 Å². The Bertz CT molecular complexity index is 1090. The van der Waals surface area contributed by atoms with Gasteiger partial charge >= 0.3 is 0 Å². The lowest BCUT2D eigenvalue weighted by molar-refractivity contribution is -0.115. The van der Waals surface area contributed by atoms with Crippen LogP contribution in [0.2, 0.25) is 0 Å². The van der Waals surface area contributed by atoms with E-state index >= 15 is 0 Å². The molecule has 4 rings (SSSR count). The van der Waals surface area contributed by atoms with E-state index in [0.717, 1.165) is 10.0 Å². The molecule has 3 aromatic rings. The number of nitrogens with one attached hydrogen (secondary N) is 1. The van der Waals surface area contributed by atoms with Gasteiger partial charge in [0.1, 0.15) is 11.1 Å². The van der Waals surface area contributed by atoms with Gasteiger partial charge in [-0.25, -0.2) is 0 Å². The number of hydrogen-bond acceptors (Lipinski definition) is 4. The Morgan fingerprint density at radius 2 is 1.77 bits per heavy atom. The lowest BCUT2D eigenvalue weighted by Gasteiger charge is -2.27. The number of nitrogens with zero attached hydrogens (tertiary/aromatic N) is 1. The summed E-state index contributed by atoms with van der Waals surface area (Å²) in [6.45, 7) is 0. The number of ether oxygens (including phenoxy) is 1. The zero-order valence-electron chi connectivity index (χ0n) is 16.2. The molecule has 1 N–H and O–H groups in total. The summed E-state index contributed by atoms with van der Waals surface area (Å²) >= 11 is 4.91. The highest BCUT2D eigenvalue weighted by Crippen LogP contribution is 2.46. The second kappa shape index (κ2) is 8.93. The quantitative estimate of drug-likeness (QED) is 0.522. The standard InChI is InChI=1S/C23H19BrN2O3S/c1-29-20-9-5-4-8-19(20)26-21(27)14-30-23(26)17-6-2-3-7-18(17)25-22(28)15-10-12-16(24)13-11-15/h2-13,23H,14H2,1H3,(H,25,28). The SMILES string of the molecule is COc1ccccc1N1C(=O)CSC1c1ccccc1NC(=O)c1ccc(Br)cc1. The molecular formula is C23H19BrN2O3S. The van der Waals surface area contributed by atoms with Crippen LogP contribution in [0, 0.1) is 0 Å². The third kappa shape index (κ3) is 4.08. The van der Waals surface area contributed by atoms with Crippen LogP contribution in [0.3, 0.4) is 0 Å². The van der Waals surface area contributed by atoms with Gasteiger partial charge in [-0.2, -0.15) is 0 Å². The molecule has 3 aromatic carbocycles. The van der Waals surface area contributed by atoms with Crippen LogP contribution in [0.25, 0.3) is 0 Å². The molecule has 1 atom stereocenters. The number of para-hydroxylation sites is 3. The predicted molar refractivity (Wildman–Crippen MR) is 124 cm³/mol. The van der Waals surface area contributed by atoms with Crippen molar-refractivity contribution >= 4 is 50.9 Å². The molecule has 7 heteroatoms. The Morgan fingerprint density at radius 3 is 2.53 bits per heavy atom. The van der Waals surface area contributed by atoms with E-state index < -0.39 is 0 Å². The molecule has 0 aliphatic carbocycles. The minimum absolute atomic E-state index is 0.00328. The van der Waals surface area contributed by atoms with Gasteiger partial charge in [0.2, 0.25) is 5.91 Å². The highest BCUT2D eigenvalue weighted by atomic mass is 79.9. The van der Waals surface area contributed by atoms with Crippen molar-refractivity contribution in [3.63, 3.8) is 0 Å². The number of carbonyl (C=O) groups is 2. The number of methoxy groups -OCH3 is 1. The average molecular weight is 483 g/mol. The average Bonchev–Trinajstić information content (AvgIpc) is 3.15. The van der Waals surface area contributed by atoms with Crippen molar-refractivity contribution in [1.29, 1.82) is 0 Å². The van der Waals surface area contributed by atoms with Crippen LogP contribution in [0.15, 0.2) is 77.3 Å². The Morgan fingerprint density at radius 1 is 1.07 bits per heavy atom. The van der Waals surface area contributed by atoms with Crippen molar-refractivity contribution < 1.29 is 14.3 Å². The second-order valence-electron chi connectivity index (χ2n) is 6.65. The molecule has 1 unspecified atom stereocenters. The third-order valence-corrected chi connectivity index (χ3v) is 6.52. The van der Waals surface area contributed by atoms with E-state index in [1.54, 1.807) is 24.1 Å². The number of hydrogen-bond donors (Lipinski definition) is 1. The molecule has 30 heavy (non-hydrogen) atoms. The molecule has 1 aliphatic heterocycles.